The molecule has 1 aliphatic rings. The van der Waals surface area contributed by atoms with Crippen LogP contribution in [0.4, 0.5) is 0 Å². The zero-order valence-electron chi connectivity index (χ0n) is 14.9. The van der Waals surface area contributed by atoms with Crippen molar-refractivity contribution in [1.29, 1.82) is 0 Å². The van der Waals surface area contributed by atoms with Gasteiger partial charge in [0.25, 0.3) is 0 Å². The molecule has 0 saturated carbocycles. The Balaban J connectivity index is 1.62. The van der Waals surface area contributed by atoms with E-state index in [1.165, 1.54) is 0 Å². The molecule has 0 spiro atoms. The molecule has 1 aliphatic heterocycles. The van der Waals surface area contributed by atoms with E-state index < -0.39 is 12.0 Å². The highest BCUT2D eigenvalue weighted by molar-refractivity contribution is 5.88. The van der Waals surface area contributed by atoms with Gasteiger partial charge in [-0.25, -0.2) is 9.78 Å². The second-order valence-electron chi connectivity index (χ2n) is 6.64. The van der Waals surface area contributed by atoms with Gasteiger partial charge in [-0.15, -0.1) is 0 Å². The zero-order valence-corrected chi connectivity index (χ0v) is 14.9. The number of carboxylic acid groups (broad SMARTS) is 1. The van der Waals surface area contributed by atoms with Crippen LogP contribution >= 0.6 is 0 Å². The molecule has 0 saturated heterocycles. The summed E-state index contributed by atoms with van der Waals surface area (Å²) in [7, 11) is 1.74. The Morgan fingerprint density at radius 3 is 2.78 bits per heavy atom. The van der Waals surface area contributed by atoms with Gasteiger partial charge in [0.1, 0.15) is 6.04 Å². The van der Waals surface area contributed by atoms with Crippen molar-refractivity contribution in [1.82, 2.24) is 29.2 Å². The highest BCUT2D eigenvalue weighted by Crippen LogP contribution is 2.25. The lowest BCUT2D eigenvalue weighted by molar-refractivity contribution is -0.135. The van der Waals surface area contributed by atoms with Crippen molar-refractivity contribution in [2.45, 2.75) is 25.4 Å². The van der Waals surface area contributed by atoms with Crippen LogP contribution in [-0.2, 0) is 31.2 Å². The first-order valence-electron chi connectivity index (χ1n) is 8.71. The van der Waals surface area contributed by atoms with Crippen molar-refractivity contribution < 1.29 is 14.7 Å². The van der Waals surface area contributed by atoms with Gasteiger partial charge < -0.3 is 19.6 Å². The van der Waals surface area contributed by atoms with Gasteiger partial charge >= 0.3 is 5.97 Å². The van der Waals surface area contributed by atoms with Crippen LogP contribution in [0, 0.1) is 0 Å². The predicted molar refractivity (Wildman–Crippen MR) is 95.0 cm³/mol. The Labute approximate surface area is 155 Å². The maximum absolute atomic E-state index is 13.3. The molecule has 27 heavy (non-hydrogen) atoms. The number of carboxylic acids is 1. The lowest BCUT2D eigenvalue weighted by Crippen LogP contribution is -2.41. The predicted octanol–water partition coefficient (Wildman–Crippen LogP) is 1.01. The average molecular weight is 368 g/mol. The molecule has 140 valence electrons. The minimum atomic E-state index is -1.07. The number of hydrogen-bond acceptors (Lipinski definition) is 4. The molecule has 3 aromatic heterocycles. The lowest BCUT2D eigenvalue weighted by Gasteiger charge is -2.31. The normalized spacial score (nSPS) is 14.8. The summed E-state index contributed by atoms with van der Waals surface area (Å²) in [5, 5.41) is 13.5. The topological polar surface area (TPSA) is 109 Å². The Kier molecular flexibility index (Phi) is 4.27. The monoisotopic (exact) mass is 368 g/mol. The van der Waals surface area contributed by atoms with E-state index in [4.69, 9.17) is 0 Å². The number of amides is 1. The van der Waals surface area contributed by atoms with Crippen molar-refractivity contribution in [3.63, 3.8) is 0 Å². The summed E-state index contributed by atoms with van der Waals surface area (Å²) in [4.78, 5) is 33.6. The molecule has 9 heteroatoms. The molecule has 4 heterocycles. The van der Waals surface area contributed by atoms with Crippen LogP contribution in [0.2, 0.25) is 0 Å². The summed E-state index contributed by atoms with van der Waals surface area (Å²) in [5.74, 6) is -1.12. The molecule has 2 N–H and O–H groups in total. The minimum Gasteiger partial charge on any atom is -0.476 e. The van der Waals surface area contributed by atoms with Crippen LogP contribution in [0.5, 0.6) is 0 Å². The number of imidazole rings is 1. The summed E-state index contributed by atoms with van der Waals surface area (Å²) < 4.78 is 3.48. The van der Waals surface area contributed by atoms with Crippen molar-refractivity contribution >= 4 is 11.9 Å². The quantitative estimate of drug-likeness (QED) is 0.699. The van der Waals surface area contributed by atoms with Gasteiger partial charge in [0.05, 0.1) is 6.33 Å². The summed E-state index contributed by atoms with van der Waals surface area (Å²) in [5.41, 5.74) is 2.39. The summed E-state index contributed by atoms with van der Waals surface area (Å²) >= 11 is 0. The van der Waals surface area contributed by atoms with Crippen LogP contribution in [0.25, 0.3) is 0 Å². The molecule has 0 aliphatic carbocycles. The van der Waals surface area contributed by atoms with Gasteiger partial charge in [-0.05, 0) is 12.1 Å². The number of aromatic amines is 1. The number of carbonyl (C=O) groups is 2. The number of carbonyl (C=O) groups excluding carboxylic acids is 1. The van der Waals surface area contributed by atoms with Crippen molar-refractivity contribution in [3.05, 3.63) is 59.7 Å². The van der Waals surface area contributed by atoms with Gasteiger partial charge in [0.15, 0.2) is 5.69 Å². The Hall–Kier alpha value is -3.36. The second kappa shape index (κ2) is 6.75. The molecule has 0 bridgehead atoms. The molecule has 3 aromatic rings. The molecular weight excluding hydrogens is 348 g/mol. The molecule has 0 fully saturated rings. The first kappa shape index (κ1) is 17.1. The molecule has 0 unspecified atom stereocenters. The Bertz CT molecular complexity index is 958. The maximum atomic E-state index is 13.3. The van der Waals surface area contributed by atoms with Crippen molar-refractivity contribution in [3.8, 4) is 0 Å². The molecule has 9 nitrogen and oxygen atoms in total. The molecule has 1 atom stereocenters. The first-order chi connectivity index (χ1) is 13.0. The number of aromatic carboxylic acids is 1. The highest BCUT2D eigenvalue weighted by atomic mass is 16.4. The first-order valence-corrected chi connectivity index (χ1v) is 8.71. The molecule has 0 radical (unpaired) electrons. The highest BCUT2D eigenvalue weighted by Gasteiger charge is 2.32. The standard InChI is InChI=1S/C18H20N6O3/c1-22-14-4-7-24(10-13(14)16(21-22)18(26)27)17(25)15(23-5-2-3-6-23)8-12-9-19-11-20-12/h2-3,5-6,9,11,15H,4,7-8,10H2,1H3,(H,19,20)(H,26,27)/t15-/m0/s1. The SMILES string of the molecule is Cn1nc(C(=O)O)c2c1CCN(C(=O)[C@H](Cc1cnc[nH]1)n1cccc1)C2. The third-order valence-electron chi connectivity index (χ3n) is 5.00. The van der Waals surface area contributed by atoms with E-state index in [0.717, 1.165) is 11.4 Å². The smallest absolute Gasteiger partial charge is 0.356 e. The van der Waals surface area contributed by atoms with Crippen molar-refractivity contribution in [2.75, 3.05) is 6.54 Å². The number of nitrogens with one attached hydrogen (secondary N) is 1. The van der Waals surface area contributed by atoms with E-state index in [2.05, 4.69) is 15.1 Å². The third-order valence-corrected chi connectivity index (χ3v) is 5.00. The van der Waals surface area contributed by atoms with Gasteiger partial charge in [-0.1, -0.05) is 0 Å². The van der Waals surface area contributed by atoms with E-state index in [0.29, 0.717) is 24.9 Å². The van der Waals surface area contributed by atoms with Gasteiger partial charge in [0.2, 0.25) is 5.91 Å². The number of aromatic nitrogens is 5. The summed E-state index contributed by atoms with van der Waals surface area (Å²) in [6, 6.07) is 3.34. The maximum Gasteiger partial charge on any atom is 0.356 e. The fraction of sp³-hybridized carbons (Fsp3) is 0.333. The van der Waals surface area contributed by atoms with E-state index in [1.807, 2.05) is 29.1 Å². The number of aryl methyl sites for hydroxylation is 1. The molecule has 4 rings (SSSR count). The van der Waals surface area contributed by atoms with Crippen LogP contribution in [-0.4, -0.2) is 52.7 Å². The summed E-state index contributed by atoms with van der Waals surface area (Å²) in [6.07, 6.45) is 8.09. The molecule has 0 aromatic carbocycles. The molecule has 1 amide bonds. The minimum absolute atomic E-state index is 0.0242. The van der Waals surface area contributed by atoms with Crippen LogP contribution < -0.4 is 0 Å². The summed E-state index contributed by atoms with van der Waals surface area (Å²) in [6.45, 7) is 0.787. The van der Waals surface area contributed by atoms with E-state index in [9.17, 15) is 14.7 Å². The molecular formula is C18H20N6O3. The number of rotatable bonds is 5. The zero-order chi connectivity index (χ0) is 19.0. The van der Waals surface area contributed by atoms with Crippen LogP contribution in [0.1, 0.15) is 33.5 Å². The fourth-order valence-electron chi connectivity index (χ4n) is 3.64. The fourth-order valence-corrected chi connectivity index (χ4v) is 3.64. The van der Waals surface area contributed by atoms with Crippen molar-refractivity contribution in [2.24, 2.45) is 7.05 Å². The number of H-pyrrole nitrogens is 1. The largest absolute Gasteiger partial charge is 0.476 e. The van der Waals surface area contributed by atoms with Gasteiger partial charge in [0, 0.05) is 68.5 Å². The number of hydrogen-bond donors (Lipinski definition) is 2. The second-order valence-corrected chi connectivity index (χ2v) is 6.64. The average Bonchev–Trinajstić information content (AvgIpc) is 3.40. The Morgan fingerprint density at radius 2 is 2.11 bits per heavy atom. The van der Waals surface area contributed by atoms with Crippen LogP contribution in [0.3, 0.4) is 0 Å². The van der Waals surface area contributed by atoms with E-state index in [1.54, 1.807) is 29.2 Å². The van der Waals surface area contributed by atoms with Gasteiger partial charge in [-0.3, -0.25) is 9.48 Å². The van der Waals surface area contributed by atoms with E-state index >= 15 is 0 Å². The number of nitrogens with zero attached hydrogens (tertiary/aromatic N) is 5. The van der Waals surface area contributed by atoms with E-state index in [-0.39, 0.29) is 18.1 Å². The van der Waals surface area contributed by atoms with Crippen LogP contribution in [0.15, 0.2) is 37.1 Å². The van der Waals surface area contributed by atoms with Gasteiger partial charge in [-0.2, -0.15) is 5.10 Å². The number of fused-ring (bicyclic) bond motifs is 1. The third kappa shape index (κ3) is 3.12. The Morgan fingerprint density at radius 1 is 1.33 bits per heavy atom. The lowest BCUT2D eigenvalue weighted by atomic mass is 10.0.